The average Bonchev–Trinajstić information content (AvgIpc) is 3.17. The maximum absolute atomic E-state index is 13.9. The highest BCUT2D eigenvalue weighted by Crippen LogP contribution is 2.40. The van der Waals surface area contributed by atoms with Gasteiger partial charge in [0.05, 0.1) is 5.69 Å². The largest absolute Gasteiger partial charge is 0.383 e. The van der Waals surface area contributed by atoms with E-state index in [0.29, 0.717) is 28.8 Å². The fourth-order valence-corrected chi connectivity index (χ4v) is 2.02. The monoisotopic (exact) mass is 261 g/mol. The molecule has 1 aromatic heterocycles. The van der Waals surface area contributed by atoms with Crippen LogP contribution in [0.4, 0.5) is 14.6 Å². The maximum atomic E-state index is 13.9. The predicted molar refractivity (Wildman–Crippen MR) is 68.5 cm³/mol. The summed E-state index contributed by atoms with van der Waals surface area (Å²) in [5.74, 6) is 0.0916. The van der Waals surface area contributed by atoms with Crippen molar-refractivity contribution in [3.05, 3.63) is 41.2 Å². The molecular weight excluding hydrogens is 248 g/mol. The lowest BCUT2D eigenvalue weighted by Crippen LogP contribution is -2.05. The second kappa shape index (κ2) is 4.26. The van der Waals surface area contributed by atoms with Gasteiger partial charge in [-0.3, -0.25) is 0 Å². The summed E-state index contributed by atoms with van der Waals surface area (Å²) < 4.78 is 26.8. The van der Waals surface area contributed by atoms with Gasteiger partial charge in [0.25, 0.3) is 0 Å². The van der Waals surface area contributed by atoms with E-state index < -0.39 is 11.6 Å². The number of rotatable bonds is 2. The molecule has 0 amide bonds. The van der Waals surface area contributed by atoms with Crippen molar-refractivity contribution in [1.29, 1.82) is 0 Å². The molecule has 1 fully saturated rings. The maximum Gasteiger partial charge on any atom is 0.135 e. The fraction of sp³-hybridized carbons (Fsp3) is 0.286. The van der Waals surface area contributed by atoms with Crippen LogP contribution in [0, 0.1) is 18.6 Å². The molecule has 1 aliphatic rings. The summed E-state index contributed by atoms with van der Waals surface area (Å²) in [6.45, 7) is 1.74. The van der Waals surface area contributed by atoms with Crippen LogP contribution < -0.4 is 5.73 Å². The minimum absolute atomic E-state index is 0.259. The zero-order chi connectivity index (χ0) is 13.6. The van der Waals surface area contributed by atoms with Crippen LogP contribution in [0.2, 0.25) is 0 Å². The van der Waals surface area contributed by atoms with E-state index in [-0.39, 0.29) is 5.56 Å². The van der Waals surface area contributed by atoms with Crippen LogP contribution in [0.1, 0.15) is 30.1 Å². The van der Waals surface area contributed by atoms with Crippen LogP contribution in [0.3, 0.4) is 0 Å². The van der Waals surface area contributed by atoms with Gasteiger partial charge in [-0.1, -0.05) is 0 Å². The lowest BCUT2D eigenvalue weighted by molar-refractivity contribution is 0.585. The first-order valence-corrected chi connectivity index (χ1v) is 6.15. The molecule has 0 bridgehead atoms. The van der Waals surface area contributed by atoms with Crippen molar-refractivity contribution in [2.45, 2.75) is 25.7 Å². The molecule has 0 aliphatic heterocycles. The molecule has 19 heavy (non-hydrogen) atoms. The highest BCUT2D eigenvalue weighted by atomic mass is 19.1. The normalized spacial score (nSPS) is 14.7. The van der Waals surface area contributed by atoms with Crippen molar-refractivity contribution in [1.82, 2.24) is 9.97 Å². The Morgan fingerprint density at radius 2 is 1.95 bits per heavy atom. The smallest absolute Gasteiger partial charge is 0.135 e. The summed E-state index contributed by atoms with van der Waals surface area (Å²) in [6.07, 6.45) is 2.07. The zero-order valence-electron chi connectivity index (χ0n) is 10.5. The molecular formula is C14H13F2N3. The molecule has 1 aromatic carbocycles. The molecule has 0 radical (unpaired) electrons. The van der Waals surface area contributed by atoms with Gasteiger partial charge in [-0.15, -0.1) is 0 Å². The third-order valence-electron chi connectivity index (χ3n) is 3.33. The van der Waals surface area contributed by atoms with Gasteiger partial charge in [0.15, 0.2) is 0 Å². The molecule has 2 N–H and O–H groups in total. The van der Waals surface area contributed by atoms with E-state index in [4.69, 9.17) is 5.73 Å². The molecule has 1 saturated carbocycles. The van der Waals surface area contributed by atoms with Crippen molar-refractivity contribution >= 4 is 5.82 Å². The molecule has 1 aliphatic carbocycles. The van der Waals surface area contributed by atoms with Crippen LogP contribution in [-0.4, -0.2) is 9.97 Å². The number of benzene rings is 1. The van der Waals surface area contributed by atoms with Crippen molar-refractivity contribution in [3.63, 3.8) is 0 Å². The summed E-state index contributed by atoms with van der Waals surface area (Å²) in [7, 11) is 0. The molecule has 0 atom stereocenters. The summed E-state index contributed by atoms with van der Waals surface area (Å²) in [4.78, 5) is 8.64. The van der Waals surface area contributed by atoms with Gasteiger partial charge in [-0.05, 0) is 31.9 Å². The summed E-state index contributed by atoms with van der Waals surface area (Å²) in [5, 5.41) is 0. The van der Waals surface area contributed by atoms with Crippen LogP contribution in [-0.2, 0) is 0 Å². The predicted octanol–water partition coefficient (Wildman–Crippen LogP) is 3.19. The van der Waals surface area contributed by atoms with Gasteiger partial charge in [-0.2, -0.15) is 0 Å². The highest BCUT2D eigenvalue weighted by molar-refractivity contribution is 5.68. The molecule has 5 heteroatoms. The number of nitrogen functional groups attached to an aromatic ring is 1. The summed E-state index contributed by atoms with van der Waals surface area (Å²) in [6, 6.07) is 3.45. The molecule has 0 spiro atoms. The molecule has 98 valence electrons. The Labute approximate surface area is 109 Å². The van der Waals surface area contributed by atoms with Crippen LogP contribution in [0.15, 0.2) is 18.2 Å². The van der Waals surface area contributed by atoms with Crippen LogP contribution in [0.25, 0.3) is 11.3 Å². The molecule has 0 saturated heterocycles. The van der Waals surface area contributed by atoms with E-state index in [1.807, 2.05) is 0 Å². The van der Waals surface area contributed by atoms with Crippen molar-refractivity contribution in [2.75, 3.05) is 5.73 Å². The zero-order valence-corrected chi connectivity index (χ0v) is 10.5. The standard InChI is InChI=1S/C14H13F2N3/c1-7-12(10-5-4-9(15)6-11(10)16)18-14(8-2-3-8)19-13(7)17/h4-6,8H,2-3H2,1H3,(H2,17,18,19). The Bertz CT molecular complexity index is 651. The van der Waals surface area contributed by atoms with Gasteiger partial charge in [0.2, 0.25) is 0 Å². The van der Waals surface area contributed by atoms with Gasteiger partial charge in [0, 0.05) is 23.1 Å². The highest BCUT2D eigenvalue weighted by Gasteiger charge is 2.28. The van der Waals surface area contributed by atoms with Gasteiger partial charge >= 0.3 is 0 Å². The molecule has 0 unspecified atom stereocenters. The summed E-state index contributed by atoms with van der Waals surface area (Å²) in [5.41, 5.74) is 7.19. The third-order valence-corrected chi connectivity index (χ3v) is 3.33. The first kappa shape index (κ1) is 12.0. The van der Waals surface area contributed by atoms with Crippen LogP contribution >= 0.6 is 0 Å². The van der Waals surface area contributed by atoms with Gasteiger partial charge in [-0.25, -0.2) is 18.7 Å². The second-order valence-corrected chi connectivity index (χ2v) is 4.84. The number of anilines is 1. The number of hydrogen-bond acceptors (Lipinski definition) is 3. The molecule has 3 rings (SSSR count). The number of halogens is 2. The SMILES string of the molecule is Cc1c(N)nc(C2CC2)nc1-c1ccc(F)cc1F. The Morgan fingerprint density at radius 1 is 1.21 bits per heavy atom. The van der Waals surface area contributed by atoms with E-state index in [1.165, 1.54) is 12.1 Å². The number of hydrogen-bond donors (Lipinski definition) is 1. The molecule has 3 nitrogen and oxygen atoms in total. The fourth-order valence-electron chi connectivity index (χ4n) is 2.02. The first-order chi connectivity index (χ1) is 9.06. The Hall–Kier alpha value is -2.04. The second-order valence-electron chi connectivity index (χ2n) is 4.84. The Balaban J connectivity index is 2.17. The lowest BCUT2D eigenvalue weighted by atomic mass is 10.1. The van der Waals surface area contributed by atoms with E-state index in [2.05, 4.69) is 9.97 Å². The Kier molecular flexibility index (Phi) is 2.69. The van der Waals surface area contributed by atoms with E-state index in [1.54, 1.807) is 6.92 Å². The minimum Gasteiger partial charge on any atom is -0.383 e. The average molecular weight is 261 g/mol. The van der Waals surface area contributed by atoms with Crippen LogP contribution in [0.5, 0.6) is 0 Å². The van der Waals surface area contributed by atoms with Gasteiger partial charge in [0.1, 0.15) is 23.3 Å². The lowest BCUT2D eigenvalue weighted by Gasteiger charge is -2.10. The number of nitrogens with zero attached hydrogens (tertiary/aromatic N) is 2. The van der Waals surface area contributed by atoms with Crippen molar-refractivity contribution < 1.29 is 8.78 Å². The van der Waals surface area contributed by atoms with Gasteiger partial charge < -0.3 is 5.73 Å². The minimum atomic E-state index is -0.636. The van der Waals surface area contributed by atoms with Crippen molar-refractivity contribution in [2.24, 2.45) is 0 Å². The third kappa shape index (κ3) is 2.16. The number of aromatic nitrogens is 2. The molecule has 1 heterocycles. The van der Waals surface area contributed by atoms with E-state index >= 15 is 0 Å². The number of nitrogens with two attached hydrogens (primary N) is 1. The Morgan fingerprint density at radius 3 is 2.58 bits per heavy atom. The quantitative estimate of drug-likeness (QED) is 0.903. The topological polar surface area (TPSA) is 51.8 Å². The van der Waals surface area contributed by atoms with E-state index in [0.717, 1.165) is 18.9 Å². The molecule has 2 aromatic rings. The first-order valence-electron chi connectivity index (χ1n) is 6.15. The van der Waals surface area contributed by atoms with Crippen molar-refractivity contribution in [3.8, 4) is 11.3 Å². The van der Waals surface area contributed by atoms with E-state index in [9.17, 15) is 8.78 Å². The summed E-state index contributed by atoms with van der Waals surface area (Å²) >= 11 is 0.